The molecule has 0 unspecified atom stereocenters. The number of nitrogens with zero attached hydrogens (tertiary/aromatic N) is 2. The van der Waals surface area contributed by atoms with Crippen molar-refractivity contribution in [3.05, 3.63) is 52.7 Å². The van der Waals surface area contributed by atoms with E-state index in [1.165, 1.54) is 12.1 Å². The van der Waals surface area contributed by atoms with Crippen molar-refractivity contribution in [1.29, 1.82) is 0 Å². The van der Waals surface area contributed by atoms with E-state index in [0.717, 1.165) is 17.9 Å². The second-order valence-corrected chi connectivity index (χ2v) is 9.87. The first-order chi connectivity index (χ1) is 14.4. The van der Waals surface area contributed by atoms with Gasteiger partial charge in [-0.2, -0.15) is 13.2 Å². The summed E-state index contributed by atoms with van der Waals surface area (Å²) in [4.78, 5) is 18.5. The summed E-state index contributed by atoms with van der Waals surface area (Å²) in [6, 6.07) is 5.98. The van der Waals surface area contributed by atoms with E-state index in [0.29, 0.717) is 25.6 Å². The average molecular weight is 476 g/mol. The molecule has 1 aromatic heterocycles. The smallest absolute Gasteiger partial charge is 0.348 e. The molecule has 1 amide bonds. The molecule has 1 aromatic carbocycles. The van der Waals surface area contributed by atoms with Crippen LogP contribution in [-0.4, -0.2) is 38.2 Å². The molecule has 2 aromatic rings. The van der Waals surface area contributed by atoms with Gasteiger partial charge in [0.05, 0.1) is 21.5 Å². The first-order valence-electron chi connectivity index (χ1n) is 9.47. The zero-order valence-electron chi connectivity index (χ0n) is 16.8. The minimum Gasteiger partial charge on any atom is -0.348 e. The summed E-state index contributed by atoms with van der Waals surface area (Å²) in [5, 5.41) is 2.70. The molecule has 1 aliphatic rings. The molecule has 2 atom stereocenters. The maximum Gasteiger partial charge on any atom is 0.417 e. The number of rotatable bonds is 5. The molecule has 1 saturated heterocycles. The van der Waals surface area contributed by atoms with Gasteiger partial charge in [0.2, 0.25) is 5.91 Å². The molecule has 0 bridgehead atoms. The molecule has 31 heavy (non-hydrogen) atoms. The number of benzene rings is 1. The predicted molar refractivity (Wildman–Crippen MR) is 111 cm³/mol. The van der Waals surface area contributed by atoms with Gasteiger partial charge in [-0.25, -0.2) is 13.4 Å². The van der Waals surface area contributed by atoms with Gasteiger partial charge in [-0.3, -0.25) is 4.79 Å². The van der Waals surface area contributed by atoms with Crippen molar-refractivity contribution in [2.75, 3.05) is 17.7 Å². The van der Waals surface area contributed by atoms with E-state index in [1.54, 1.807) is 24.0 Å². The van der Waals surface area contributed by atoms with Crippen LogP contribution in [0.25, 0.3) is 0 Å². The Bertz CT molecular complexity index is 1080. The largest absolute Gasteiger partial charge is 0.417 e. The van der Waals surface area contributed by atoms with Crippen LogP contribution in [0.5, 0.6) is 0 Å². The van der Waals surface area contributed by atoms with Crippen LogP contribution in [0, 0.1) is 0 Å². The zero-order chi connectivity index (χ0) is 23.0. The predicted octanol–water partition coefficient (Wildman–Crippen LogP) is 4.00. The fourth-order valence-electron chi connectivity index (χ4n) is 3.49. The Balaban J connectivity index is 1.74. The zero-order valence-corrected chi connectivity index (χ0v) is 18.4. The first-order valence-corrected chi connectivity index (χ1v) is 11.7. The summed E-state index contributed by atoms with van der Waals surface area (Å²) >= 11 is 6.05. The van der Waals surface area contributed by atoms with Gasteiger partial charge in [0.1, 0.15) is 11.9 Å². The van der Waals surface area contributed by atoms with Gasteiger partial charge >= 0.3 is 6.18 Å². The lowest BCUT2D eigenvalue weighted by Crippen LogP contribution is -2.44. The van der Waals surface area contributed by atoms with Gasteiger partial charge < -0.3 is 10.2 Å². The van der Waals surface area contributed by atoms with Crippen molar-refractivity contribution < 1.29 is 26.4 Å². The third kappa shape index (κ3) is 5.30. The van der Waals surface area contributed by atoms with Crippen molar-refractivity contribution in [2.24, 2.45) is 0 Å². The maximum absolute atomic E-state index is 12.9. The summed E-state index contributed by atoms with van der Waals surface area (Å²) in [7, 11) is -3.32. The van der Waals surface area contributed by atoms with E-state index < -0.39 is 33.7 Å². The molecular weight excluding hydrogens is 455 g/mol. The van der Waals surface area contributed by atoms with Crippen molar-refractivity contribution in [1.82, 2.24) is 10.3 Å². The SMILES string of the molecule is C[C@@H](NC(=O)[C@H]1CCCN1c1ncc(C(F)(F)F)cc1Cl)c1ccc(S(C)(=O)=O)cc1. The molecule has 6 nitrogen and oxygen atoms in total. The monoisotopic (exact) mass is 475 g/mol. The van der Waals surface area contributed by atoms with Crippen molar-refractivity contribution in [3.8, 4) is 0 Å². The Kier molecular flexibility index (Phi) is 6.52. The van der Waals surface area contributed by atoms with E-state index in [2.05, 4.69) is 10.3 Å². The second-order valence-electron chi connectivity index (χ2n) is 7.45. The molecule has 2 heterocycles. The number of hydrogen-bond donors (Lipinski definition) is 1. The summed E-state index contributed by atoms with van der Waals surface area (Å²) in [6.45, 7) is 2.20. The van der Waals surface area contributed by atoms with Crippen LogP contribution in [0.1, 0.15) is 36.9 Å². The fourth-order valence-corrected chi connectivity index (χ4v) is 4.39. The van der Waals surface area contributed by atoms with E-state index in [-0.39, 0.29) is 21.6 Å². The van der Waals surface area contributed by atoms with E-state index in [9.17, 15) is 26.4 Å². The number of pyridine rings is 1. The lowest BCUT2D eigenvalue weighted by molar-refractivity contribution is -0.137. The Morgan fingerprint density at radius 3 is 2.48 bits per heavy atom. The third-order valence-corrected chi connectivity index (χ3v) is 6.55. The quantitative estimate of drug-likeness (QED) is 0.707. The average Bonchev–Trinajstić information content (AvgIpc) is 3.16. The highest BCUT2D eigenvalue weighted by atomic mass is 35.5. The highest BCUT2D eigenvalue weighted by molar-refractivity contribution is 7.90. The molecule has 0 saturated carbocycles. The van der Waals surface area contributed by atoms with Crippen molar-refractivity contribution in [3.63, 3.8) is 0 Å². The molecule has 3 rings (SSSR count). The van der Waals surface area contributed by atoms with Crippen molar-refractivity contribution in [2.45, 2.75) is 42.9 Å². The number of anilines is 1. The number of carbonyl (C=O) groups excluding carboxylic acids is 1. The molecule has 168 valence electrons. The molecule has 0 radical (unpaired) electrons. The number of nitrogens with one attached hydrogen (secondary N) is 1. The van der Waals surface area contributed by atoms with Crippen LogP contribution in [0.4, 0.5) is 19.0 Å². The summed E-state index contributed by atoms with van der Waals surface area (Å²) < 4.78 is 61.8. The number of halogens is 4. The summed E-state index contributed by atoms with van der Waals surface area (Å²) in [5.41, 5.74) is -0.233. The van der Waals surface area contributed by atoms with E-state index in [4.69, 9.17) is 11.6 Å². The van der Waals surface area contributed by atoms with Crippen LogP contribution in [-0.2, 0) is 20.8 Å². The third-order valence-electron chi connectivity index (χ3n) is 5.14. The van der Waals surface area contributed by atoms with E-state index >= 15 is 0 Å². The molecule has 11 heteroatoms. The highest BCUT2D eigenvalue weighted by Gasteiger charge is 2.36. The lowest BCUT2D eigenvalue weighted by atomic mass is 10.1. The molecule has 0 aliphatic carbocycles. The number of sulfone groups is 1. The first kappa shape index (κ1) is 23.3. The molecule has 1 fully saturated rings. The molecular formula is C20H21ClF3N3O3S. The normalized spacial score (nSPS) is 18.1. The van der Waals surface area contributed by atoms with Crippen LogP contribution >= 0.6 is 11.6 Å². The van der Waals surface area contributed by atoms with Gasteiger partial charge in [-0.05, 0) is 43.5 Å². The van der Waals surface area contributed by atoms with Gasteiger partial charge in [-0.15, -0.1) is 0 Å². The fraction of sp³-hybridized carbons (Fsp3) is 0.400. The number of carbonyl (C=O) groups is 1. The Hall–Kier alpha value is -2.33. The number of amides is 1. The Labute approximate surface area is 183 Å². The maximum atomic E-state index is 12.9. The van der Waals surface area contributed by atoms with Gasteiger partial charge in [0.15, 0.2) is 9.84 Å². The number of aromatic nitrogens is 1. The van der Waals surface area contributed by atoms with E-state index in [1.807, 2.05) is 0 Å². The Morgan fingerprint density at radius 1 is 1.29 bits per heavy atom. The van der Waals surface area contributed by atoms with Crippen LogP contribution in [0.3, 0.4) is 0 Å². The molecule has 1 N–H and O–H groups in total. The molecule has 1 aliphatic heterocycles. The minimum absolute atomic E-state index is 0.137. The van der Waals surface area contributed by atoms with Gasteiger partial charge in [0, 0.05) is 19.0 Å². The van der Waals surface area contributed by atoms with Crippen LogP contribution in [0.15, 0.2) is 41.4 Å². The molecule has 0 spiro atoms. The minimum atomic E-state index is -4.56. The van der Waals surface area contributed by atoms with Gasteiger partial charge in [-0.1, -0.05) is 23.7 Å². The standard InChI is InChI=1S/C20H21ClF3N3O3S/c1-12(13-5-7-15(8-6-13)31(2,29)30)26-19(28)17-4-3-9-27(17)18-16(21)10-14(11-25-18)20(22,23)24/h5-8,10-12,17H,3-4,9H2,1-2H3,(H,26,28)/t12-,17-/m1/s1. The topological polar surface area (TPSA) is 79.4 Å². The van der Waals surface area contributed by atoms with Crippen LogP contribution < -0.4 is 10.2 Å². The lowest BCUT2D eigenvalue weighted by Gasteiger charge is -2.27. The number of alkyl halides is 3. The highest BCUT2D eigenvalue weighted by Crippen LogP contribution is 2.35. The summed E-state index contributed by atoms with van der Waals surface area (Å²) in [6.07, 6.45) is -1.57. The number of hydrogen-bond acceptors (Lipinski definition) is 5. The Morgan fingerprint density at radius 2 is 1.94 bits per heavy atom. The van der Waals surface area contributed by atoms with Crippen LogP contribution in [0.2, 0.25) is 5.02 Å². The van der Waals surface area contributed by atoms with Crippen molar-refractivity contribution >= 4 is 33.2 Å². The second kappa shape index (κ2) is 8.66. The van der Waals surface area contributed by atoms with Gasteiger partial charge in [0.25, 0.3) is 0 Å². The summed E-state index contributed by atoms with van der Waals surface area (Å²) in [5.74, 6) is -0.174.